The smallest absolute Gasteiger partial charge is 0.336 e. The molecule has 1 atom stereocenters. The van der Waals surface area contributed by atoms with Crippen molar-refractivity contribution in [2.24, 2.45) is 0 Å². The van der Waals surface area contributed by atoms with Gasteiger partial charge in [-0.3, -0.25) is 4.79 Å². The van der Waals surface area contributed by atoms with Gasteiger partial charge in [-0.2, -0.15) is 0 Å². The summed E-state index contributed by atoms with van der Waals surface area (Å²) in [6.45, 7) is 3.83. The number of ether oxygens (including phenoxy) is 1. The van der Waals surface area contributed by atoms with Gasteiger partial charge in [-0.05, 0) is 25.0 Å². The van der Waals surface area contributed by atoms with Gasteiger partial charge in [0, 0.05) is 4.88 Å². The molecule has 1 aromatic rings. The maximum atomic E-state index is 11.8. The van der Waals surface area contributed by atoms with Crippen LogP contribution in [0.5, 0.6) is 0 Å². The third kappa shape index (κ3) is 3.54. The van der Waals surface area contributed by atoms with Gasteiger partial charge >= 0.3 is 5.97 Å². The summed E-state index contributed by atoms with van der Waals surface area (Å²) in [5.74, 6) is -1.04. The standard InChI is InChI=1S/C12H17NO4S/c1-4-9-7(2)5-10(18-9)11(15)13-6-8(14)12(16)17-3/h5,8,14H,4,6H2,1-3H3,(H,13,15). The van der Waals surface area contributed by atoms with E-state index in [1.807, 2.05) is 19.9 Å². The number of aliphatic hydroxyl groups is 1. The molecule has 6 heteroatoms. The molecule has 0 aromatic carbocycles. The third-order valence-electron chi connectivity index (χ3n) is 2.49. The van der Waals surface area contributed by atoms with E-state index in [4.69, 9.17) is 0 Å². The summed E-state index contributed by atoms with van der Waals surface area (Å²) in [6.07, 6.45) is -0.445. The molecule has 100 valence electrons. The molecule has 0 spiro atoms. The molecule has 0 saturated heterocycles. The van der Waals surface area contributed by atoms with Crippen molar-refractivity contribution in [3.05, 3.63) is 21.4 Å². The Labute approximate surface area is 110 Å². The Morgan fingerprint density at radius 3 is 2.72 bits per heavy atom. The fourth-order valence-electron chi connectivity index (χ4n) is 1.48. The SMILES string of the molecule is CCc1sc(C(=O)NCC(O)C(=O)OC)cc1C. The van der Waals surface area contributed by atoms with Crippen LogP contribution in [0.25, 0.3) is 0 Å². The average molecular weight is 271 g/mol. The first-order valence-electron chi connectivity index (χ1n) is 5.63. The van der Waals surface area contributed by atoms with Crippen molar-refractivity contribution >= 4 is 23.2 Å². The minimum atomic E-state index is -1.33. The van der Waals surface area contributed by atoms with Crippen LogP contribution in [0.1, 0.15) is 27.0 Å². The van der Waals surface area contributed by atoms with Gasteiger partial charge in [0.25, 0.3) is 5.91 Å². The molecule has 0 aliphatic rings. The first-order valence-corrected chi connectivity index (χ1v) is 6.44. The molecule has 1 rings (SSSR count). The third-order valence-corrected chi connectivity index (χ3v) is 3.87. The number of thiophene rings is 1. The zero-order valence-electron chi connectivity index (χ0n) is 10.6. The fraction of sp³-hybridized carbons (Fsp3) is 0.500. The maximum Gasteiger partial charge on any atom is 0.336 e. The highest BCUT2D eigenvalue weighted by atomic mass is 32.1. The summed E-state index contributed by atoms with van der Waals surface area (Å²) < 4.78 is 4.35. The number of nitrogens with one attached hydrogen (secondary N) is 1. The Hall–Kier alpha value is -1.40. The number of methoxy groups -OCH3 is 1. The first-order chi connectivity index (χ1) is 8.49. The second-order valence-electron chi connectivity index (χ2n) is 3.82. The van der Waals surface area contributed by atoms with Crippen molar-refractivity contribution < 1.29 is 19.4 Å². The summed E-state index contributed by atoms with van der Waals surface area (Å²) >= 11 is 1.42. The normalized spacial score (nSPS) is 12.0. The van der Waals surface area contributed by atoms with E-state index in [1.165, 1.54) is 18.4 Å². The van der Waals surface area contributed by atoms with Crippen LogP contribution in [0.15, 0.2) is 6.07 Å². The number of carbonyl (C=O) groups excluding carboxylic acids is 2. The molecule has 0 saturated carbocycles. The van der Waals surface area contributed by atoms with Crippen LogP contribution >= 0.6 is 11.3 Å². The van der Waals surface area contributed by atoms with Gasteiger partial charge < -0.3 is 15.2 Å². The van der Waals surface area contributed by atoms with Crippen LogP contribution in [0, 0.1) is 6.92 Å². The van der Waals surface area contributed by atoms with Crippen LogP contribution in [-0.4, -0.2) is 36.7 Å². The zero-order valence-corrected chi connectivity index (χ0v) is 11.5. The maximum absolute atomic E-state index is 11.8. The van der Waals surface area contributed by atoms with Gasteiger partial charge in [-0.15, -0.1) is 11.3 Å². The molecule has 1 aromatic heterocycles. The van der Waals surface area contributed by atoms with Gasteiger partial charge in [-0.1, -0.05) is 6.92 Å². The number of hydrogen-bond donors (Lipinski definition) is 2. The predicted molar refractivity (Wildman–Crippen MR) is 68.8 cm³/mol. The largest absolute Gasteiger partial charge is 0.467 e. The second kappa shape index (κ2) is 6.51. The average Bonchev–Trinajstić information content (AvgIpc) is 2.75. The molecule has 1 unspecified atom stereocenters. The lowest BCUT2D eigenvalue weighted by Gasteiger charge is -2.08. The molecule has 1 amide bonds. The quantitative estimate of drug-likeness (QED) is 0.780. The van der Waals surface area contributed by atoms with Gasteiger partial charge in [0.1, 0.15) is 0 Å². The Kier molecular flexibility index (Phi) is 5.30. The summed E-state index contributed by atoms with van der Waals surface area (Å²) in [4.78, 5) is 24.5. The fourth-order valence-corrected chi connectivity index (χ4v) is 2.51. The van der Waals surface area contributed by atoms with Crippen LogP contribution < -0.4 is 5.32 Å². The molecular weight excluding hydrogens is 254 g/mol. The van der Waals surface area contributed by atoms with Crippen LogP contribution in [0.2, 0.25) is 0 Å². The van der Waals surface area contributed by atoms with Crippen molar-refractivity contribution in [2.75, 3.05) is 13.7 Å². The van der Waals surface area contributed by atoms with E-state index < -0.39 is 12.1 Å². The van der Waals surface area contributed by atoms with Gasteiger partial charge in [0.2, 0.25) is 0 Å². The van der Waals surface area contributed by atoms with Crippen LogP contribution in [0.3, 0.4) is 0 Å². The molecule has 5 nitrogen and oxygen atoms in total. The van der Waals surface area contributed by atoms with E-state index >= 15 is 0 Å². The molecule has 18 heavy (non-hydrogen) atoms. The number of hydrogen-bond acceptors (Lipinski definition) is 5. The minimum absolute atomic E-state index is 0.149. The van der Waals surface area contributed by atoms with E-state index in [1.54, 1.807) is 0 Å². The number of carbonyl (C=O) groups is 2. The van der Waals surface area contributed by atoms with Crippen molar-refractivity contribution in [2.45, 2.75) is 26.4 Å². The Morgan fingerprint density at radius 1 is 1.56 bits per heavy atom. The zero-order chi connectivity index (χ0) is 13.7. The highest BCUT2D eigenvalue weighted by Crippen LogP contribution is 2.22. The van der Waals surface area contributed by atoms with Gasteiger partial charge in [-0.25, -0.2) is 4.79 Å². The highest BCUT2D eigenvalue weighted by Gasteiger charge is 2.18. The monoisotopic (exact) mass is 271 g/mol. The topological polar surface area (TPSA) is 75.6 Å². The van der Waals surface area contributed by atoms with Crippen molar-refractivity contribution in [1.29, 1.82) is 0 Å². The van der Waals surface area contributed by atoms with E-state index in [0.29, 0.717) is 4.88 Å². The van der Waals surface area contributed by atoms with E-state index in [0.717, 1.165) is 16.9 Å². The summed E-state index contributed by atoms with van der Waals surface area (Å²) in [6, 6.07) is 1.81. The lowest BCUT2D eigenvalue weighted by molar-refractivity contribution is -0.149. The van der Waals surface area contributed by atoms with Crippen LogP contribution in [0.4, 0.5) is 0 Å². The molecule has 0 bridgehead atoms. The number of aryl methyl sites for hydroxylation is 2. The molecule has 2 N–H and O–H groups in total. The lowest BCUT2D eigenvalue weighted by Crippen LogP contribution is -2.36. The Balaban J connectivity index is 2.57. The molecular formula is C12H17NO4S. The first kappa shape index (κ1) is 14.7. The highest BCUT2D eigenvalue weighted by molar-refractivity contribution is 7.14. The van der Waals surface area contributed by atoms with E-state index in [-0.39, 0.29) is 12.5 Å². The number of aliphatic hydroxyl groups excluding tert-OH is 1. The predicted octanol–water partition coefficient (Wildman–Crippen LogP) is 0.883. The molecule has 0 radical (unpaired) electrons. The Morgan fingerprint density at radius 2 is 2.22 bits per heavy atom. The second-order valence-corrected chi connectivity index (χ2v) is 4.96. The summed E-state index contributed by atoms with van der Waals surface area (Å²) in [5.41, 5.74) is 1.08. The molecule has 1 heterocycles. The number of amides is 1. The van der Waals surface area contributed by atoms with E-state index in [9.17, 15) is 14.7 Å². The van der Waals surface area contributed by atoms with Crippen molar-refractivity contribution in [1.82, 2.24) is 5.32 Å². The summed E-state index contributed by atoms with van der Waals surface area (Å²) in [7, 11) is 1.18. The van der Waals surface area contributed by atoms with Crippen molar-refractivity contribution in [3.8, 4) is 0 Å². The Bertz CT molecular complexity index is 441. The van der Waals surface area contributed by atoms with Gasteiger partial charge in [0.15, 0.2) is 6.10 Å². The molecule has 0 aliphatic heterocycles. The summed E-state index contributed by atoms with van der Waals surface area (Å²) in [5, 5.41) is 11.8. The van der Waals surface area contributed by atoms with Gasteiger partial charge in [0.05, 0.1) is 18.5 Å². The minimum Gasteiger partial charge on any atom is -0.467 e. The van der Waals surface area contributed by atoms with Crippen LogP contribution in [-0.2, 0) is 16.0 Å². The van der Waals surface area contributed by atoms with Crippen molar-refractivity contribution in [3.63, 3.8) is 0 Å². The van der Waals surface area contributed by atoms with E-state index in [2.05, 4.69) is 10.1 Å². The number of rotatable bonds is 5. The molecule has 0 aliphatic carbocycles. The molecule has 0 fully saturated rings. The lowest BCUT2D eigenvalue weighted by atomic mass is 10.2. The number of esters is 1.